The van der Waals surface area contributed by atoms with E-state index in [2.05, 4.69) is 24.9 Å². The summed E-state index contributed by atoms with van der Waals surface area (Å²) >= 11 is 0. The number of hydrogen-bond acceptors (Lipinski definition) is 5. The van der Waals surface area contributed by atoms with Crippen LogP contribution in [0.1, 0.15) is 22.3 Å². The Morgan fingerprint density at radius 3 is 2.12 bits per heavy atom. The summed E-state index contributed by atoms with van der Waals surface area (Å²) in [5.41, 5.74) is 4.83. The van der Waals surface area contributed by atoms with Crippen LogP contribution in [-0.4, -0.2) is 30.8 Å². The van der Waals surface area contributed by atoms with E-state index in [0.717, 1.165) is 11.6 Å². The van der Waals surface area contributed by atoms with E-state index < -0.39 is 5.91 Å². The molecule has 2 aromatic rings. The van der Waals surface area contributed by atoms with Gasteiger partial charge in [-0.25, -0.2) is 19.9 Å². The molecule has 7 nitrogen and oxygen atoms in total. The molecule has 0 atom stereocenters. The largest absolute Gasteiger partial charge is 0.363 e. The molecule has 16 heavy (non-hydrogen) atoms. The maximum atomic E-state index is 10.2. The number of rotatable bonds is 1. The number of aromatic nitrogens is 5. The molecule has 0 aromatic carbocycles. The minimum absolute atomic E-state index is 0.199. The summed E-state index contributed by atoms with van der Waals surface area (Å²) in [6.07, 6.45) is 4.53. The van der Waals surface area contributed by atoms with Crippen molar-refractivity contribution in [1.82, 2.24) is 24.9 Å². The summed E-state index contributed by atoms with van der Waals surface area (Å²) in [5.74, 6) is 1.22. The number of carbonyl (C=O) groups is 1. The zero-order valence-electron chi connectivity index (χ0n) is 9.01. The summed E-state index contributed by atoms with van der Waals surface area (Å²) in [6, 6.07) is 0. The molecule has 0 radical (unpaired) electrons. The number of primary amides is 1. The molecule has 0 spiro atoms. The van der Waals surface area contributed by atoms with Crippen molar-refractivity contribution >= 4 is 5.91 Å². The molecule has 0 saturated carbocycles. The molecular formula is C9H12N6O. The van der Waals surface area contributed by atoms with Crippen LogP contribution in [0.4, 0.5) is 0 Å². The van der Waals surface area contributed by atoms with Crippen molar-refractivity contribution in [2.75, 3.05) is 0 Å². The average molecular weight is 220 g/mol. The SMILES string of the molecule is Cc1ncnc(C)n1.NC(=O)c1ncc[nH]1. The lowest BCUT2D eigenvalue weighted by atomic mass is 10.6. The average Bonchev–Trinajstić information content (AvgIpc) is 2.70. The Morgan fingerprint density at radius 2 is 1.88 bits per heavy atom. The lowest BCUT2D eigenvalue weighted by Crippen LogP contribution is -2.12. The van der Waals surface area contributed by atoms with Gasteiger partial charge in [0.1, 0.15) is 18.0 Å². The second-order valence-electron chi connectivity index (χ2n) is 2.88. The van der Waals surface area contributed by atoms with Gasteiger partial charge in [-0.2, -0.15) is 0 Å². The highest BCUT2D eigenvalue weighted by Crippen LogP contribution is 1.83. The lowest BCUT2D eigenvalue weighted by Gasteiger charge is -1.88. The monoisotopic (exact) mass is 220 g/mol. The van der Waals surface area contributed by atoms with Crippen molar-refractivity contribution in [3.8, 4) is 0 Å². The molecule has 1 amide bonds. The van der Waals surface area contributed by atoms with E-state index in [1.165, 1.54) is 12.5 Å². The van der Waals surface area contributed by atoms with Crippen LogP contribution in [0.2, 0.25) is 0 Å². The Morgan fingerprint density at radius 1 is 1.25 bits per heavy atom. The van der Waals surface area contributed by atoms with E-state index in [4.69, 9.17) is 5.73 Å². The van der Waals surface area contributed by atoms with Gasteiger partial charge in [-0.05, 0) is 13.8 Å². The minimum Gasteiger partial charge on any atom is -0.363 e. The lowest BCUT2D eigenvalue weighted by molar-refractivity contribution is 0.0991. The summed E-state index contributed by atoms with van der Waals surface area (Å²) in [6.45, 7) is 3.68. The molecule has 0 aliphatic heterocycles. The third-order valence-corrected chi connectivity index (χ3v) is 1.54. The molecule has 0 unspecified atom stereocenters. The summed E-state index contributed by atoms with van der Waals surface area (Å²) in [7, 11) is 0. The van der Waals surface area contributed by atoms with Gasteiger partial charge in [0.15, 0.2) is 5.82 Å². The molecule has 0 saturated heterocycles. The van der Waals surface area contributed by atoms with Gasteiger partial charge in [-0.1, -0.05) is 0 Å². The molecule has 7 heteroatoms. The number of imidazole rings is 1. The quantitative estimate of drug-likeness (QED) is 0.702. The van der Waals surface area contributed by atoms with Crippen molar-refractivity contribution in [3.05, 3.63) is 36.2 Å². The number of hydrogen-bond donors (Lipinski definition) is 2. The number of aromatic amines is 1. The summed E-state index contributed by atoms with van der Waals surface area (Å²) < 4.78 is 0. The van der Waals surface area contributed by atoms with Gasteiger partial charge in [-0.3, -0.25) is 4.79 Å². The fourth-order valence-corrected chi connectivity index (χ4v) is 0.888. The van der Waals surface area contributed by atoms with E-state index in [0.29, 0.717) is 0 Å². The topological polar surface area (TPSA) is 110 Å². The molecule has 3 N–H and O–H groups in total. The zero-order valence-corrected chi connectivity index (χ0v) is 9.01. The van der Waals surface area contributed by atoms with Crippen LogP contribution >= 0.6 is 0 Å². The molecular weight excluding hydrogens is 208 g/mol. The van der Waals surface area contributed by atoms with Crippen molar-refractivity contribution in [2.24, 2.45) is 5.73 Å². The highest BCUT2D eigenvalue weighted by molar-refractivity contribution is 5.88. The number of amides is 1. The first-order valence-electron chi connectivity index (χ1n) is 4.51. The molecule has 2 heterocycles. The molecule has 0 aliphatic carbocycles. The summed E-state index contributed by atoms with van der Waals surface area (Å²) in [5, 5.41) is 0. The highest BCUT2D eigenvalue weighted by atomic mass is 16.1. The second kappa shape index (κ2) is 5.54. The van der Waals surface area contributed by atoms with Crippen molar-refractivity contribution in [3.63, 3.8) is 0 Å². The van der Waals surface area contributed by atoms with Crippen LogP contribution in [-0.2, 0) is 0 Å². The van der Waals surface area contributed by atoms with Crippen molar-refractivity contribution < 1.29 is 4.79 Å². The fourth-order valence-electron chi connectivity index (χ4n) is 0.888. The maximum Gasteiger partial charge on any atom is 0.284 e. The van der Waals surface area contributed by atoms with Gasteiger partial charge in [0.05, 0.1) is 0 Å². The van der Waals surface area contributed by atoms with Gasteiger partial charge < -0.3 is 10.7 Å². The van der Waals surface area contributed by atoms with Crippen molar-refractivity contribution in [1.29, 1.82) is 0 Å². The van der Waals surface area contributed by atoms with E-state index in [1.54, 1.807) is 6.20 Å². The normalized spacial score (nSPS) is 9.12. The molecule has 2 rings (SSSR count). The van der Waals surface area contributed by atoms with E-state index >= 15 is 0 Å². The Balaban J connectivity index is 0.000000160. The van der Waals surface area contributed by atoms with E-state index in [1.807, 2.05) is 13.8 Å². The molecule has 84 valence electrons. The van der Waals surface area contributed by atoms with Gasteiger partial charge in [0, 0.05) is 12.4 Å². The van der Waals surface area contributed by atoms with Gasteiger partial charge in [0.25, 0.3) is 5.91 Å². The number of nitrogens with two attached hydrogens (primary N) is 1. The Bertz CT molecular complexity index is 436. The van der Waals surface area contributed by atoms with Gasteiger partial charge >= 0.3 is 0 Å². The highest BCUT2D eigenvalue weighted by Gasteiger charge is 1.97. The first-order chi connectivity index (χ1) is 7.59. The fraction of sp³-hybridized carbons (Fsp3) is 0.222. The van der Waals surface area contributed by atoms with E-state index in [-0.39, 0.29) is 5.82 Å². The van der Waals surface area contributed by atoms with E-state index in [9.17, 15) is 4.79 Å². The zero-order chi connectivity index (χ0) is 12.0. The number of carbonyl (C=O) groups excluding carboxylic acids is 1. The molecule has 2 aromatic heterocycles. The smallest absolute Gasteiger partial charge is 0.284 e. The van der Waals surface area contributed by atoms with Crippen LogP contribution in [0.3, 0.4) is 0 Å². The minimum atomic E-state index is -0.532. The van der Waals surface area contributed by atoms with Crippen LogP contribution in [0.25, 0.3) is 0 Å². The van der Waals surface area contributed by atoms with Crippen LogP contribution in [0, 0.1) is 13.8 Å². The predicted molar refractivity (Wildman–Crippen MR) is 56.4 cm³/mol. The third kappa shape index (κ3) is 3.82. The summed E-state index contributed by atoms with van der Waals surface area (Å²) in [4.78, 5) is 27.9. The number of H-pyrrole nitrogens is 1. The Hall–Kier alpha value is -2.31. The van der Waals surface area contributed by atoms with Crippen LogP contribution in [0.15, 0.2) is 18.7 Å². The first kappa shape index (κ1) is 11.8. The predicted octanol–water partition coefficient (Wildman–Crippen LogP) is -0.00296. The van der Waals surface area contributed by atoms with Gasteiger partial charge in [-0.15, -0.1) is 0 Å². The molecule has 0 fully saturated rings. The molecule has 0 bridgehead atoms. The van der Waals surface area contributed by atoms with Crippen molar-refractivity contribution in [2.45, 2.75) is 13.8 Å². The number of nitrogens with one attached hydrogen (secondary N) is 1. The first-order valence-corrected chi connectivity index (χ1v) is 4.51. The second-order valence-corrected chi connectivity index (χ2v) is 2.88. The van der Waals surface area contributed by atoms with Crippen LogP contribution < -0.4 is 5.73 Å². The van der Waals surface area contributed by atoms with Gasteiger partial charge in [0.2, 0.25) is 0 Å². The number of aryl methyl sites for hydroxylation is 2. The standard InChI is InChI=1S/C5H7N3.C4H5N3O/c1-4-6-3-7-5(2)8-4;5-3(8)4-6-1-2-7-4/h3H,1-2H3;1-2H,(H2,5,8)(H,6,7). The Labute approximate surface area is 92.2 Å². The van der Waals surface area contributed by atoms with Crippen LogP contribution in [0.5, 0.6) is 0 Å². The number of nitrogens with zero attached hydrogens (tertiary/aromatic N) is 4. The molecule has 0 aliphatic rings. The Kier molecular flexibility index (Phi) is 4.07. The third-order valence-electron chi connectivity index (χ3n) is 1.54. The maximum absolute atomic E-state index is 10.2.